The normalized spacial score (nSPS) is 15.8. The van der Waals surface area contributed by atoms with E-state index in [1.165, 1.54) is 12.8 Å². The molecular formula is C14H17N3O2. The second-order valence-corrected chi connectivity index (χ2v) is 4.76. The third-order valence-corrected chi connectivity index (χ3v) is 3.36. The first-order chi connectivity index (χ1) is 9.35. The Kier molecular flexibility index (Phi) is 3.46. The van der Waals surface area contributed by atoms with E-state index in [1.54, 1.807) is 0 Å². The SMILES string of the molecule is NCc1nc(-c2ccc(OC3CCCC3)cc2)no1. The first-order valence-corrected chi connectivity index (χ1v) is 6.65. The average molecular weight is 259 g/mol. The molecule has 0 saturated heterocycles. The highest BCUT2D eigenvalue weighted by Crippen LogP contribution is 2.25. The van der Waals surface area contributed by atoms with E-state index in [0.717, 1.165) is 24.2 Å². The number of rotatable bonds is 4. The van der Waals surface area contributed by atoms with Gasteiger partial charge in [-0.05, 0) is 49.9 Å². The smallest absolute Gasteiger partial charge is 0.240 e. The van der Waals surface area contributed by atoms with Gasteiger partial charge in [0.05, 0.1) is 12.6 Å². The summed E-state index contributed by atoms with van der Waals surface area (Å²) in [5.41, 5.74) is 6.35. The second-order valence-electron chi connectivity index (χ2n) is 4.76. The molecule has 0 bridgehead atoms. The zero-order chi connectivity index (χ0) is 13.1. The Labute approximate surface area is 111 Å². The van der Waals surface area contributed by atoms with Crippen molar-refractivity contribution in [2.24, 2.45) is 5.73 Å². The zero-order valence-corrected chi connectivity index (χ0v) is 10.7. The third kappa shape index (κ3) is 2.76. The van der Waals surface area contributed by atoms with Gasteiger partial charge in [0.2, 0.25) is 11.7 Å². The lowest BCUT2D eigenvalue weighted by molar-refractivity contribution is 0.210. The standard InChI is InChI=1S/C14H17N3O2/c15-9-13-16-14(17-19-13)10-5-7-12(8-6-10)18-11-3-1-2-4-11/h5-8,11H,1-4,9,15H2. The monoisotopic (exact) mass is 259 g/mol. The topological polar surface area (TPSA) is 74.2 Å². The number of nitrogens with two attached hydrogens (primary N) is 1. The van der Waals surface area contributed by atoms with Crippen LogP contribution in [0.4, 0.5) is 0 Å². The molecule has 1 aliphatic carbocycles. The van der Waals surface area contributed by atoms with Crippen molar-refractivity contribution in [3.63, 3.8) is 0 Å². The highest BCUT2D eigenvalue weighted by Gasteiger charge is 2.16. The van der Waals surface area contributed by atoms with Crippen LogP contribution in [0.2, 0.25) is 0 Å². The fourth-order valence-corrected chi connectivity index (χ4v) is 2.34. The van der Waals surface area contributed by atoms with Gasteiger partial charge in [0.15, 0.2) is 0 Å². The first-order valence-electron chi connectivity index (χ1n) is 6.65. The lowest BCUT2D eigenvalue weighted by atomic mass is 10.2. The summed E-state index contributed by atoms with van der Waals surface area (Å²) in [7, 11) is 0. The molecule has 1 saturated carbocycles. The van der Waals surface area contributed by atoms with Gasteiger partial charge in [0.1, 0.15) is 5.75 Å². The van der Waals surface area contributed by atoms with Gasteiger partial charge in [-0.1, -0.05) is 5.16 Å². The molecular weight excluding hydrogens is 242 g/mol. The van der Waals surface area contributed by atoms with Crippen molar-refractivity contribution in [3.8, 4) is 17.1 Å². The van der Waals surface area contributed by atoms with E-state index in [1.807, 2.05) is 24.3 Å². The van der Waals surface area contributed by atoms with Gasteiger partial charge in [-0.25, -0.2) is 0 Å². The summed E-state index contributed by atoms with van der Waals surface area (Å²) in [6.07, 6.45) is 5.24. The average Bonchev–Trinajstić information content (AvgIpc) is 3.10. The van der Waals surface area contributed by atoms with Gasteiger partial charge < -0.3 is 15.0 Å². The number of hydrogen-bond acceptors (Lipinski definition) is 5. The summed E-state index contributed by atoms with van der Waals surface area (Å²) in [5.74, 6) is 1.91. The molecule has 5 heteroatoms. The summed E-state index contributed by atoms with van der Waals surface area (Å²) in [6, 6.07) is 7.78. The van der Waals surface area contributed by atoms with Gasteiger partial charge in [-0.3, -0.25) is 0 Å². The maximum Gasteiger partial charge on any atom is 0.240 e. The molecule has 2 aromatic rings. The molecule has 5 nitrogen and oxygen atoms in total. The quantitative estimate of drug-likeness (QED) is 0.913. The Morgan fingerprint density at radius 3 is 2.58 bits per heavy atom. The summed E-state index contributed by atoms with van der Waals surface area (Å²) < 4.78 is 10.9. The zero-order valence-electron chi connectivity index (χ0n) is 10.7. The summed E-state index contributed by atoms with van der Waals surface area (Å²) in [4.78, 5) is 4.19. The molecule has 0 atom stereocenters. The van der Waals surface area contributed by atoms with Crippen LogP contribution < -0.4 is 10.5 Å². The fourth-order valence-electron chi connectivity index (χ4n) is 2.34. The number of benzene rings is 1. The second kappa shape index (κ2) is 5.40. The molecule has 3 rings (SSSR count). The predicted molar refractivity (Wildman–Crippen MR) is 70.5 cm³/mol. The molecule has 1 aromatic heterocycles. The minimum absolute atomic E-state index is 0.260. The number of aromatic nitrogens is 2. The minimum atomic E-state index is 0.260. The molecule has 0 aliphatic heterocycles. The maximum absolute atomic E-state index is 5.91. The van der Waals surface area contributed by atoms with Crippen LogP contribution in [0.5, 0.6) is 5.75 Å². The van der Waals surface area contributed by atoms with E-state index in [2.05, 4.69) is 10.1 Å². The summed E-state index contributed by atoms with van der Waals surface area (Å²) >= 11 is 0. The van der Waals surface area contributed by atoms with Crippen molar-refractivity contribution in [1.82, 2.24) is 10.1 Å². The van der Waals surface area contributed by atoms with E-state index >= 15 is 0 Å². The van der Waals surface area contributed by atoms with Gasteiger partial charge in [0.25, 0.3) is 0 Å². The maximum atomic E-state index is 5.91. The number of ether oxygens (including phenoxy) is 1. The molecule has 100 valence electrons. The van der Waals surface area contributed by atoms with Gasteiger partial charge >= 0.3 is 0 Å². The molecule has 0 radical (unpaired) electrons. The van der Waals surface area contributed by atoms with Crippen molar-refractivity contribution < 1.29 is 9.26 Å². The van der Waals surface area contributed by atoms with E-state index in [-0.39, 0.29) is 6.54 Å². The molecule has 0 spiro atoms. The van der Waals surface area contributed by atoms with Crippen LogP contribution in [0.1, 0.15) is 31.6 Å². The van der Waals surface area contributed by atoms with Gasteiger partial charge in [-0.2, -0.15) is 4.98 Å². The van der Waals surface area contributed by atoms with Crippen molar-refractivity contribution in [2.75, 3.05) is 0 Å². The minimum Gasteiger partial charge on any atom is -0.490 e. The van der Waals surface area contributed by atoms with Crippen LogP contribution in [0.3, 0.4) is 0 Å². The first kappa shape index (κ1) is 12.2. The van der Waals surface area contributed by atoms with E-state index in [0.29, 0.717) is 17.8 Å². The van der Waals surface area contributed by atoms with Crippen LogP contribution in [-0.2, 0) is 6.54 Å². The van der Waals surface area contributed by atoms with Gasteiger partial charge in [0, 0.05) is 5.56 Å². The van der Waals surface area contributed by atoms with Crippen LogP contribution in [-0.4, -0.2) is 16.2 Å². The highest BCUT2D eigenvalue weighted by molar-refractivity contribution is 5.55. The number of hydrogen-bond donors (Lipinski definition) is 1. The van der Waals surface area contributed by atoms with Crippen molar-refractivity contribution in [3.05, 3.63) is 30.2 Å². The lowest BCUT2D eigenvalue weighted by Crippen LogP contribution is -2.10. The van der Waals surface area contributed by atoms with Crippen molar-refractivity contribution in [1.29, 1.82) is 0 Å². The Balaban J connectivity index is 1.70. The van der Waals surface area contributed by atoms with E-state index in [4.69, 9.17) is 15.0 Å². The van der Waals surface area contributed by atoms with Crippen molar-refractivity contribution >= 4 is 0 Å². The Bertz CT molecular complexity index is 530. The Morgan fingerprint density at radius 1 is 1.21 bits per heavy atom. The molecule has 1 aliphatic rings. The molecule has 1 aromatic carbocycles. The molecule has 19 heavy (non-hydrogen) atoms. The molecule has 1 heterocycles. The third-order valence-electron chi connectivity index (χ3n) is 3.36. The Hall–Kier alpha value is -1.88. The summed E-state index contributed by atoms with van der Waals surface area (Å²) in [5, 5.41) is 3.88. The van der Waals surface area contributed by atoms with Crippen LogP contribution in [0.25, 0.3) is 11.4 Å². The molecule has 2 N–H and O–H groups in total. The van der Waals surface area contributed by atoms with E-state index < -0.39 is 0 Å². The predicted octanol–water partition coefficient (Wildman–Crippen LogP) is 2.52. The van der Waals surface area contributed by atoms with Gasteiger partial charge in [-0.15, -0.1) is 0 Å². The van der Waals surface area contributed by atoms with Crippen LogP contribution >= 0.6 is 0 Å². The van der Waals surface area contributed by atoms with Crippen molar-refractivity contribution in [2.45, 2.75) is 38.3 Å². The number of nitrogens with zero attached hydrogens (tertiary/aromatic N) is 2. The summed E-state index contributed by atoms with van der Waals surface area (Å²) in [6.45, 7) is 0.260. The van der Waals surface area contributed by atoms with Crippen LogP contribution in [0, 0.1) is 0 Å². The lowest BCUT2D eigenvalue weighted by Gasteiger charge is -2.12. The molecule has 0 amide bonds. The molecule has 1 fully saturated rings. The fraction of sp³-hybridized carbons (Fsp3) is 0.429. The van der Waals surface area contributed by atoms with Crippen LogP contribution in [0.15, 0.2) is 28.8 Å². The molecule has 0 unspecified atom stereocenters. The Morgan fingerprint density at radius 2 is 1.95 bits per heavy atom. The largest absolute Gasteiger partial charge is 0.490 e. The highest BCUT2D eigenvalue weighted by atomic mass is 16.5. The van der Waals surface area contributed by atoms with E-state index in [9.17, 15) is 0 Å².